The van der Waals surface area contributed by atoms with Gasteiger partial charge in [0.2, 0.25) is 0 Å². The van der Waals surface area contributed by atoms with Crippen molar-refractivity contribution in [3.63, 3.8) is 0 Å². The van der Waals surface area contributed by atoms with E-state index in [2.05, 4.69) is 64.9 Å². The van der Waals surface area contributed by atoms with Crippen LogP contribution < -0.4 is 0 Å². The number of hydrogen-bond donors (Lipinski definition) is 1. The summed E-state index contributed by atoms with van der Waals surface area (Å²) in [7, 11) is 0. The Balaban J connectivity index is 1.79. The Labute approximate surface area is 132 Å². The standard InChI is InChI=1S/C19H25N3/c1-3-15(2)12-16(13-19-20-9-10-21-19)14-22-11-8-17-6-4-5-7-18(17)22/h4-11,15-16H,3,12-14H2,1-2H3,(H,20,21). The third kappa shape index (κ3) is 3.41. The molecule has 0 bridgehead atoms. The molecule has 1 aromatic carbocycles. The van der Waals surface area contributed by atoms with Crippen molar-refractivity contribution >= 4 is 10.9 Å². The van der Waals surface area contributed by atoms with Crippen LogP contribution in [0.15, 0.2) is 48.9 Å². The van der Waals surface area contributed by atoms with Gasteiger partial charge in [0.05, 0.1) is 0 Å². The van der Waals surface area contributed by atoms with Gasteiger partial charge in [-0.15, -0.1) is 0 Å². The monoisotopic (exact) mass is 295 g/mol. The highest BCUT2D eigenvalue weighted by Gasteiger charge is 2.16. The molecule has 0 aliphatic heterocycles. The molecule has 116 valence electrons. The number of H-pyrrole nitrogens is 1. The predicted molar refractivity (Wildman–Crippen MR) is 91.8 cm³/mol. The minimum atomic E-state index is 0.608. The van der Waals surface area contributed by atoms with Crippen molar-refractivity contribution < 1.29 is 0 Å². The van der Waals surface area contributed by atoms with Gasteiger partial charge in [0.15, 0.2) is 0 Å². The number of aromatic amines is 1. The van der Waals surface area contributed by atoms with E-state index < -0.39 is 0 Å². The fourth-order valence-electron chi connectivity index (χ4n) is 3.22. The molecular formula is C19H25N3. The summed E-state index contributed by atoms with van der Waals surface area (Å²) in [6, 6.07) is 10.8. The maximum atomic E-state index is 4.42. The molecule has 22 heavy (non-hydrogen) atoms. The number of benzene rings is 1. The van der Waals surface area contributed by atoms with Crippen LogP contribution in [0.1, 0.15) is 32.5 Å². The molecule has 2 unspecified atom stereocenters. The quantitative estimate of drug-likeness (QED) is 0.675. The number of nitrogens with zero attached hydrogens (tertiary/aromatic N) is 2. The highest BCUT2D eigenvalue weighted by atomic mass is 15.0. The second-order valence-corrected chi connectivity index (χ2v) is 6.38. The first-order valence-electron chi connectivity index (χ1n) is 8.28. The van der Waals surface area contributed by atoms with Crippen LogP contribution in [-0.4, -0.2) is 14.5 Å². The molecule has 0 spiro atoms. The van der Waals surface area contributed by atoms with Gasteiger partial charge in [0.1, 0.15) is 5.82 Å². The van der Waals surface area contributed by atoms with Gasteiger partial charge in [-0.1, -0.05) is 38.5 Å². The minimum Gasteiger partial charge on any atom is -0.349 e. The Hall–Kier alpha value is -2.03. The number of imidazole rings is 1. The molecule has 0 aliphatic carbocycles. The Kier molecular flexibility index (Phi) is 4.62. The van der Waals surface area contributed by atoms with Crippen LogP contribution in [0.3, 0.4) is 0 Å². The normalized spacial score (nSPS) is 14.3. The molecule has 3 heteroatoms. The Morgan fingerprint density at radius 2 is 2.09 bits per heavy atom. The molecular weight excluding hydrogens is 270 g/mol. The Morgan fingerprint density at radius 1 is 1.23 bits per heavy atom. The van der Waals surface area contributed by atoms with E-state index in [-0.39, 0.29) is 0 Å². The molecule has 0 saturated carbocycles. The molecule has 0 radical (unpaired) electrons. The van der Waals surface area contributed by atoms with Crippen LogP contribution in [0.5, 0.6) is 0 Å². The summed E-state index contributed by atoms with van der Waals surface area (Å²) in [6.45, 7) is 5.68. The topological polar surface area (TPSA) is 33.6 Å². The zero-order chi connectivity index (χ0) is 15.4. The first-order chi connectivity index (χ1) is 10.8. The van der Waals surface area contributed by atoms with Gasteiger partial charge in [-0.05, 0) is 35.8 Å². The van der Waals surface area contributed by atoms with E-state index in [1.165, 1.54) is 23.7 Å². The summed E-state index contributed by atoms with van der Waals surface area (Å²) >= 11 is 0. The van der Waals surface area contributed by atoms with Crippen molar-refractivity contribution in [2.45, 2.75) is 39.7 Å². The van der Waals surface area contributed by atoms with E-state index in [0.29, 0.717) is 5.92 Å². The van der Waals surface area contributed by atoms with Crippen LogP contribution >= 0.6 is 0 Å². The lowest BCUT2D eigenvalue weighted by Gasteiger charge is -2.21. The predicted octanol–water partition coefficient (Wildman–Crippen LogP) is 4.66. The lowest BCUT2D eigenvalue weighted by Crippen LogP contribution is -2.16. The zero-order valence-corrected chi connectivity index (χ0v) is 13.5. The van der Waals surface area contributed by atoms with Crippen molar-refractivity contribution in [3.05, 3.63) is 54.7 Å². The van der Waals surface area contributed by atoms with E-state index in [9.17, 15) is 0 Å². The second kappa shape index (κ2) is 6.82. The number of aromatic nitrogens is 3. The molecule has 0 aliphatic rings. The van der Waals surface area contributed by atoms with Crippen molar-refractivity contribution in [3.8, 4) is 0 Å². The van der Waals surface area contributed by atoms with E-state index in [1.54, 1.807) is 0 Å². The maximum absolute atomic E-state index is 4.42. The summed E-state index contributed by atoms with van der Waals surface area (Å²) < 4.78 is 2.39. The summed E-state index contributed by atoms with van der Waals surface area (Å²) in [5.41, 5.74) is 1.33. The summed E-state index contributed by atoms with van der Waals surface area (Å²) in [5.74, 6) is 2.46. The van der Waals surface area contributed by atoms with E-state index >= 15 is 0 Å². The number of para-hydroxylation sites is 1. The fourth-order valence-corrected chi connectivity index (χ4v) is 3.22. The Morgan fingerprint density at radius 3 is 2.86 bits per heavy atom. The molecule has 3 aromatic rings. The lowest BCUT2D eigenvalue weighted by molar-refractivity contribution is 0.340. The molecule has 3 nitrogen and oxygen atoms in total. The first kappa shape index (κ1) is 14.9. The summed E-state index contributed by atoms with van der Waals surface area (Å²) in [4.78, 5) is 7.67. The van der Waals surface area contributed by atoms with E-state index in [0.717, 1.165) is 24.7 Å². The molecule has 2 heterocycles. The fraction of sp³-hybridized carbons (Fsp3) is 0.421. The van der Waals surface area contributed by atoms with Crippen LogP contribution in [0.25, 0.3) is 10.9 Å². The number of hydrogen-bond acceptors (Lipinski definition) is 1. The first-order valence-corrected chi connectivity index (χ1v) is 8.28. The average molecular weight is 295 g/mol. The van der Waals surface area contributed by atoms with Crippen LogP contribution in [0.4, 0.5) is 0 Å². The number of nitrogens with one attached hydrogen (secondary N) is 1. The van der Waals surface area contributed by atoms with Gasteiger partial charge in [-0.2, -0.15) is 0 Å². The molecule has 0 amide bonds. The highest BCUT2D eigenvalue weighted by molar-refractivity contribution is 5.79. The van der Waals surface area contributed by atoms with Crippen molar-refractivity contribution in [1.82, 2.24) is 14.5 Å². The van der Waals surface area contributed by atoms with Crippen molar-refractivity contribution in [1.29, 1.82) is 0 Å². The molecule has 1 N–H and O–H groups in total. The minimum absolute atomic E-state index is 0.608. The third-order valence-corrected chi connectivity index (χ3v) is 4.60. The SMILES string of the molecule is CCC(C)CC(Cc1ncc[nH]1)Cn1ccc2ccccc21. The molecule has 2 aromatic heterocycles. The summed E-state index contributed by atoms with van der Waals surface area (Å²) in [5, 5.41) is 1.32. The molecule has 0 fully saturated rings. The van der Waals surface area contributed by atoms with E-state index in [1.807, 2.05) is 12.4 Å². The Bertz CT molecular complexity index is 696. The van der Waals surface area contributed by atoms with Gasteiger partial charge in [-0.25, -0.2) is 4.98 Å². The molecule has 0 saturated heterocycles. The van der Waals surface area contributed by atoms with Crippen molar-refractivity contribution in [2.24, 2.45) is 11.8 Å². The largest absolute Gasteiger partial charge is 0.349 e. The third-order valence-electron chi connectivity index (χ3n) is 4.60. The maximum Gasteiger partial charge on any atom is 0.106 e. The van der Waals surface area contributed by atoms with Crippen LogP contribution in [0.2, 0.25) is 0 Å². The van der Waals surface area contributed by atoms with E-state index in [4.69, 9.17) is 0 Å². The summed E-state index contributed by atoms with van der Waals surface area (Å²) in [6.07, 6.45) is 9.48. The average Bonchev–Trinajstić information content (AvgIpc) is 3.17. The zero-order valence-electron chi connectivity index (χ0n) is 13.5. The van der Waals surface area contributed by atoms with Gasteiger partial charge < -0.3 is 9.55 Å². The number of fused-ring (bicyclic) bond motifs is 1. The second-order valence-electron chi connectivity index (χ2n) is 6.38. The highest BCUT2D eigenvalue weighted by Crippen LogP contribution is 2.23. The van der Waals surface area contributed by atoms with Crippen LogP contribution in [0, 0.1) is 11.8 Å². The molecule has 3 rings (SSSR count). The van der Waals surface area contributed by atoms with Gasteiger partial charge in [0.25, 0.3) is 0 Å². The molecule has 2 atom stereocenters. The van der Waals surface area contributed by atoms with Crippen LogP contribution in [-0.2, 0) is 13.0 Å². The van der Waals surface area contributed by atoms with Crippen molar-refractivity contribution in [2.75, 3.05) is 0 Å². The smallest absolute Gasteiger partial charge is 0.106 e. The van der Waals surface area contributed by atoms with Gasteiger partial charge in [-0.3, -0.25) is 0 Å². The lowest BCUT2D eigenvalue weighted by atomic mass is 9.91. The van der Waals surface area contributed by atoms with Gasteiger partial charge in [0, 0.05) is 37.1 Å². The number of rotatable bonds is 7. The van der Waals surface area contributed by atoms with Gasteiger partial charge >= 0.3 is 0 Å².